The molecule has 5 rings (SSSR count). The fourth-order valence-electron chi connectivity index (χ4n) is 5.10. The van der Waals surface area contributed by atoms with Crippen LogP contribution in [0.1, 0.15) is 41.9 Å². The van der Waals surface area contributed by atoms with Gasteiger partial charge in [-0.1, -0.05) is 6.92 Å². The first-order valence-corrected chi connectivity index (χ1v) is 13.6. The zero-order valence-electron chi connectivity index (χ0n) is 23.4. The quantitative estimate of drug-likeness (QED) is 0.281. The molecule has 3 aromatic heterocycles. The van der Waals surface area contributed by atoms with Crippen LogP contribution < -0.4 is 16.4 Å². The van der Waals surface area contributed by atoms with Gasteiger partial charge in [-0.2, -0.15) is 23.5 Å². The number of aromatic nitrogens is 5. The van der Waals surface area contributed by atoms with Crippen LogP contribution in [0, 0.1) is 11.3 Å². The monoisotopic (exact) mass is 594 g/mol. The van der Waals surface area contributed by atoms with Gasteiger partial charge in [-0.3, -0.25) is 18.7 Å². The van der Waals surface area contributed by atoms with Gasteiger partial charge in [0, 0.05) is 49.0 Å². The summed E-state index contributed by atoms with van der Waals surface area (Å²) in [6.45, 7) is 4.22. The lowest BCUT2D eigenvalue weighted by atomic mass is 10.0. The number of benzene rings is 1. The molecule has 1 aliphatic heterocycles. The maximum atomic E-state index is 13.8. The van der Waals surface area contributed by atoms with E-state index in [-0.39, 0.29) is 47.1 Å². The van der Waals surface area contributed by atoms with Crippen molar-refractivity contribution in [2.24, 2.45) is 5.73 Å². The number of carbonyl (C=O) groups excluding carboxylic acids is 2. The number of anilines is 2. The van der Waals surface area contributed by atoms with Crippen LogP contribution in [0.4, 0.5) is 24.7 Å². The molecule has 0 spiro atoms. The summed E-state index contributed by atoms with van der Waals surface area (Å²) in [5.74, 6) is -0.298. The molecule has 224 valence electrons. The van der Waals surface area contributed by atoms with Gasteiger partial charge in [0.05, 0.1) is 23.5 Å². The number of likely N-dealkylation sites (tertiary alicyclic amines) is 1. The van der Waals surface area contributed by atoms with Crippen molar-refractivity contribution in [3.8, 4) is 17.3 Å². The number of alkyl halides is 3. The van der Waals surface area contributed by atoms with E-state index in [9.17, 15) is 22.8 Å². The van der Waals surface area contributed by atoms with Crippen LogP contribution in [-0.2, 0) is 23.9 Å². The van der Waals surface area contributed by atoms with Gasteiger partial charge in [0.25, 0.3) is 5.91 Å². The summed E-state index contributed by atoms with van der Waals surface area (Å²) in [6.07, 6.45) is 1.84. The third-order valence-corrected chi connectivity index (χ3v) is 7.21. The molecule has 12 nitrogen and oxygen atoms in total. The van der Waals surface area contributed by atoms with E-state index in [1.165, 1.54) is 23.0 Å². The minimum Gasteiger partial charge on any atom is -0.341 e. The number of nitrogens with zero attached hydrogens (tertiary/aromatic N) is 7. The Balaban J connectivity index is 1.38. The SMILES string of the molecule is CCc1cc(Nc2nccn3c(-c4cn(CC#N)nc4C(F)(F)F)cnc23)ccc1C(=O)NC(C)C(=O)N1CC[C@@H](N)C1. The molecule has 4 N–H and O–H groups in total. The Morgan fingerprint density at radius 3 is 2.74 bits per heavy atom. The van der Waals surface area contributed by atoms with Crippen LogP contribution in [0.2, 0.25) is 0 Å². The summed E-state index contributed by atoms with van der Waals surface area (Å²) in [6, 6.07) is 6.08. The Morgan fingerprint density at radius 2 is 2.07 bits per heavy atom. The molecule has 1 saturated heterocycles. The molecule has 2 atom stereocenters. The second-order valence-corrected chi connectivity index (χ2v) is 10.2. The zero-order valence-corrected chi connectivity index (χ0v) is 23.4. The summed E-state index contributed by atoms with van der Waals surface area (Å²) in [5.41, 5.74) is 6.63. The van der Waals surface area contributed by atoms with Gasteiger partial charge in [0.15, 0.2) is 17.2 Å². The van der Waals surface area contributed by atoms with Crippen LogP contribution in [0.5, 0.6) is 0 Å². The van der Waals surface area contributed by atoms with Crippen LogP contribution in [0.15, 0.2) is 43.0 Å². The third-order valence-electron chi connectivity index (χ3n) is 7.21. The van der Waals surface area contributed by atoms with Gasteiger partial charge < -0.3 is 21.3 Å². The normalized spacial score (nSPS) is 15.8. The van der Waals surface area contributed by atoms with Crippen molar-refractivity contribution < 1.29 is 22.8 Å². The van der Waals surface area contributed by atoms with Crippen molar-refractivity contribution in [3.63, 3.8) is 0 Å². The smallest absolute Gasteiger partial charge is 0.341 e. The number of amides is 2. The van der Waals surface area contributed by atoms with Crippen molar-refractivity contribution >= 4 is 29.0 Å². The van der Waals surface area contributed by atoms with Crippen molar-refractivity contribution in [2.45, 2.75) is 51.5 Å². The minimum absolute atomic E-state index is 0.0571. The van der Waals surface area contributed by atoms with Gasteiger partial charge in [-0.05, 0) is 43.5 Å². The molecule has 4 heterocycles. The van der Waals surface area contributed by atoms with E-state index in [4.69, 9.17) is 11.0 Å². The van der Waals surface area contributed by atoms with Crippen molar-refractivity contribution in [1.82, 2.24) is 34.4 Å². The molecule has 15 heteroatoms. The van der Waals surface area contributed by atoms with Gasteiger partial charge in [-0.15, -0.1) is 0 Å². The summed E-state index contributed by atoms with van der Waals surface area (Å²) in [4.78, 5) is 36.1. The number of rotatable bonds is 8. The van der Waals surface area contributed by atoms with E-state index in [2.05, 4.69) is 25.7 Å². The lowest BCUT2D eigenvalue weighted by Crippen LogP contribution is -2.46. The number of hydrogen-bond acceptors (Lipinski definition) is 8. The standard InChI is InChI=1S/C28H29F3N10O2/c1-3-17-12-19(4-5-20(17)26(42)36-16(2)27(43)39-9-6-18(33)14-39)37-24-25-35-13-22(41(25)11-8-34-24)21-15-40(10-7-32)38-23(21)28(29,30)31/h4-5,8,11-13,15-16,18H,3,6,9-10,14,33H2,1-2H3,(H,34,37)(H,36,42)/t16?,18-/m1/s1. The number of carbonyl (C=O) groups is 2. The fourth-order valence-corrected chi connectivity index (χ4v) is 5.10. The Bertz CT molecular complexity index is 1720. The molecule has 0 saturated carbocycles. The lowest BCUT2D eigenvalue weighted by Gasteiger charge is -2.22. The van der Waals surface area contributed by atoms with E-state index in [0.29, 0.717) is 36.3 Å². The molecule has 0 bridgehead atoms. The highest BCUT2D eigenvalue weighted by atomic mass is 19.4. The maximum Gasteiger partial charge on any atom is 0.435 e. The first kappa shape index (κ1) is 29.5. The Labute approximate surface area is 244 Å². The van der Waals surface area contributed by atoms with Gasteiger partial charge in [0.2, 0.25) is 5.91 Å². The fraction of sp³-hybridized carbons (Fsp3) is 0.357. The predicted molar refractivity (Wildman–Crippen MR) is 150 cm³/mol. The molecule has 0 radical (unpaired) electrons. The van der Waals surface area contributed by atoms with E-state index in [1.807, 2.05) is 6.92 Å². The molecule has 1 unspecified atom stereocenters. The molecule has 43 heavy (non-hydrogen) atoms. The van der Waals surface area contributed by atoms with Crippen molar-refractivity contribution in [1.29, 1.82) is 5.26 Å². The van der Waals surface area contributed by atoms with Crippen LogP contribution in [0.3, 0.4) is 0 Å². The zero-order chi connectivity index (χ0) is 30.9. The molecule has 1 aromatic carbocycles. The van der Waals surface area contributed by atoms with Crippen molar-refractivity contribution in [2.75, 3.05) is 18.4 Å². The highest BCUT2D eigenvalue weighted by Gasteiger charge is 2.38. The summed E-state index contributed by atoms with van der Waals surface area (Å²) >= 11 is 0. The Hall–Kier alpha value is -4.97. The molecule has 4 aromatic rings. The number of imidazole rings is 1. The molecule has 2 amide bonds. The number of hydrogen-bond donors (Lipinski definition) is 3. The van der Waals surface area contributed by atoms with E-state index < -0.39 is 17.9 Å². The first-order valence-electron chi connectivity index (χ1n) is 13.6. The van der Waals surface area contributed by atoms with E-state index in [0.717, 1.165) is 17.3 Å². The number of nitrogens with one attached hydrogen (secondary N) is 2. The van der Waals surface area contributed by atoms with Crippen molar-refractivity contribution in [3.05, 3.63) is 59.8 Å². The number of nitriles is 1. The highest BCUT2D eigenvalue weighted by Crippen LogP contribution is 2.37. The molecule has 1 fully saturated rings. The van der Waals surface area contributed by atoms with Crippen LogP contribution >= 0.6 is 0 Å². The second-order valence-electron chi connectivity index (χ2n) is 10.2. The number of aryl methyl sites for hydroxylation is 1. The largest absolute Gasteiger partial charge is 0.435 e. The molecule has 0 aliphatic carbocycles. The van der Waals surface area contributed by atoms with E-state index >= 15 is 0 Å². The first-order chi connectivity index (χ1) is 20.5. The average Bonchev–Trinajstić information content (AvgIpc) is 3.71. The molecular weight excluding hydrogens is 565 g/mol. The maximum absolute atomic E-state index is 13.8. The number of halogens is 3. The van der Waals surface area contributed by atoms with Crippen LogP contribution in [0.25, 0.3) is 16.9 Å². The van der Waals surface area contributed by atoms with Crippen LogP contribution in [-0.4, -0.2) is 66.0 Å². The number of nitrogens with two attached hydrogens (primary N) is 1. The van der Waals surface area contributed by atoms with Gasteiger partial charge >= 0.3 is 6.18 Å². The summed E-state index contributed by atoms with van der Waals surface area (Å²) < 4.78 is 43.6. The topological polar surface area (TPSA) is 159 Å². The van der Waals surface area contributed by atoms with E-state index in [1.54, 1.807) is 36.1 Å². The second kappa shape index (κ2) is 11.7. The Kier molecular flexibility index (Phi) is 8.05. The number of fused-ring (bicyclic) bond motifs is 1. The lowest BCUT2D eigenvalue weighted by molar-refractivity contribution is -0.141. The summed E-state index contributed by atoms with van der Waals surface area (Å²) in [5, 5.41) is 18.4. The van der Waals surface area contributed by atoms with Gasteiger partial charge in [0.1, 0.15) is 12.6 Å². The molecular formula is C28H29F3N10O2. The van der Waals surface area contributed by atoms with Gasteiger partial charge in [-0.25, -0.2) is 9.97 Å². The third kappa shape index (κ3) is 6.00. The summed E-state index contributed by atoms with van der Waals surface area (Å²) in [7, 11) is 0. The highest BCUT2D eigenvalue weighted by molar-refractivity contribution is 5.99. The Morgan fingerprint density at radius 1 is 1.28 bits per heavy atom. The predicted octanol–water partition coefficient (Wildman–Crippen LogP) is 3.12. The minimum atomic E-state index is -4.74. The average molecular weight is 595 g/mol. The molecule has 1 aliphatic rings.